The fraction of sp³-hybridized carbons (Fsp3) is 0.545. The van der Waals surface area contributed by atoms with E-state index in [1.165, 1.54) is 0 Å². The Morgan fingerprint density at radius 1 is 1.56 bits per heavy atom. The lowest BCUT2D eigenvalue weighted by atomic mass is 10.0. The van der Waals surface area contributed by atoms with Crippen LogP contribution in [0.3, 0.4) is 0 Å². The van der Waals surface area contributed by atoms with E-state index in [1.54, 1.807) is 30.4 Å². The maximum atomic E-state index is 10.2. The minimum absolute atomic E-state index is 0.443. The average molecular weight is 259 g/mol. The largest absolute Gasteiger partial charge is 0.386 e. The molecule has 1 heterocycles. The van der Waals surface area contributed by atoms with Gasteiger partial charge in [0.2, 0.25) is 0 Å². The van der Waals surface area contributed by atoms with Crippen LogP contribution >= 0.6 is 23.5 Å². The van der Waals surface area contributed by atoms with E-state index in [2.05, 4.69) is 5.16 Å². The second-order valence-electron chi connectivity index (χ2n) is 3.84. The lowest BCUT2D eigenvalue weighted by molar-refractivity contribution is 0.103. The highest BCUT2D eigenvalue weighted by Gasteiger charge is 2.21. The number of aryl methyl sites for hydroxylation is 1. The quantitative estimate of drug-likeness (QED) is 0.881. The predicted octanol–water partition coefficient (Wildman–Crippen LogP) is 2.84. The van der Waals surface area contributed by atoms with Crippen molar-refractivity contribution >= 4 is 23.5 Å². The fourth-order valence-corrected chi connectivity index (χ4v) is 2.77. The zero-order valence-corrected chi connectivity index (χ0v) is 11.6. The number of aromatic nitrogens is 1. The molecule has 0 amide bonds. The summed E-state index contributed by atoms with van der Waals surface area (Å²) in [4.78, 5) is 0. The third-order valence-corrected chi connectivity index (χ3v) is 4.08. The molecule has 1 rings (SSSR count). The van der Waals surface area contributed by atoms with E-state index in [4.69, 9.17) is 4.52 Å². The van der Waals surface area contributed by atoms with Gasteiger partial charge in [0.25, 0.3) is 0 Å². The summed E-state index contributed by atoms with van der Waals surface area (Å²) < 4.78 is 6.19. The molecule has 1 aromatic rings. The van der Waals surface area contributed by atoms with Gasteiger partial charge in [-0.1, -0.05) is 5.16 Å². The van der Waals surface area contributed by atoms with Crippen LogP contribution in [0.2, 0.25) is 0 Å². The predicted molar refractivity (Wildman–Crippen MR) is 70.7 cm³/mol. The summed E-state index contributed by atoms with van der Waals surface area (Å²) in [7, 11) is 0. The topological polar surface area (TPSA) is 46.3 Å². The Labute approximate surface area is 105 Å². The average Bonchev–Trinajstić information content (AvgIpc) is 2.59. The number of aliphatic hydroxyl groups is 1. The van der Waals surface area contributed by atoms with Crippen molar-refractivity contribution in [3.05, 3.63) is 27.8 Å². The van der Waals surface area contributed by atoms with Crippen molar-refractivity contribution in [2.45, 2.75) is 25.9 Å². The first-order chi connectivity index (χ1) is 7.46. The SMILES string of the molecule is CSC(=CC(C)(O)Cc1cc(C)no1)SC. The molecule has 1 atom stereocenters. The second kappa shape index (κ2) is 5.80. The van der Waals surface area contributed by atoms with Crippen LogP contribution in [0.15, 0.2) is 20.9 Å². The molecule has 90 valence electrons. The van der Waals surface area contributed by atoms with Crippen LogP contribution in [-0.2, 0) is 6.42 Å². The first-order valence-electron chi connectivity index (χ1n) is 4.92. The molecule has 1 N–H and O–H groups in total. The molecule has 0 saturated carbocycles. The molecule has 0 aromatic carbocycles. The van der Waals surface area contributed by atoms with Crippen molar-refractivity contribution in [1.82, 2.24) is 5.16 Å². The molecule has 5 heteroatoms. The van der Waals surface area contributed by atoms with Crippen molar-refractivity contribution in [2.24, 2.45) is 0 Å². The zero-order chi connectivity index (χ0) is 12.2. The normalized spacial score (nSPS) is 14.6. The number of thioether (sulfide) groups is 2. The molecule has 0 saturated heterocycles. The third-order valence-electron chi connectivity index (χ3n) is 2.04. The molecule has 1 aromatic heterocycles. The Bertz CT molecular complexity index is 366. The molecule has 0 fully saturated rings. The van der Waals surface area contributed by atoms with Crippen LogP contribution in [0.4, 0.5) is 0 Å². The summed E-state index contributed by atoms with van der Waals surface area (Å²) >= 11 is 3.26. The van der Waals surface area contributed by atoms with E-state index in [0.717, 1.165) is 9.93 Å². The van der Waals surface area contributed by atoms with Gasteiger partial charge < -0.3 is 9.63 Å². The van der Waals surface area contributed by atoms with Gasteiger partial charge in [-0.25, -0.2) is 0 Å². The summed E-state index contributed by atoms with van der Waals surface area (Å²) in [6.07, 6.45) is 6.30. The first kappa shape index (κ1) is 13.7. The van der Waals surface area contributed by atoms with Crippen molar-refractivity contribution in [1.29, 1.82) is 0 Å². The fourth-order valence-electron chi connectivity index (χ4n) is 1.36. The highest BCUT2D eigenvalue weighted by molar-refractivity contribution is 8.21. The van der Waals surface area contributed by atoms with E-state index in [1.807, 2.05) is 31.6 Å². The Hall–Kier alpha value is -0.390. The van der Waals surface area contributed by atoms with E-state index < -0.39 is 5.60 Å². The van der Waals surface area contributed by atoms with Crippen LogP contribution in [0, 0.1) is 6.92 Å². The van der Waals surface area contributed by atoms with Gasteiger partial charge in [-0.15, -0.1) is 23.5 Å². The van der Waals surface area contributed by atoms with Gasteiger partial charge in [-0.3, -0.25) is 0 Å². The monoisotopic (exact) mass is 259 g/mol. The van der Waals surface area contributed by atoms with E-state index in [0.29, 0.717) is 12.2 Å². The third kappa shape index (κ3) is 4.23. The zero-order valence-electron chi connectivity index (χ0n) is 9.98. The number of rotatable bonds is 5. The van der Waals surface area contributed by atoms with Crippen molar-refractivity contribution in [2.75, 3.05) is 12.5 Å². The van der Waals surface area contributed by atoms with Crippen LogP contribution in [0.25, 0.3) is 0 Å². The maximum absolute atomic E-state index is 10.2. The van der Waals surface area contributed by atoms with Crippen molar-refractivity contribution in [3.8, 4) is 0 Å². The maximum Gasteiger partial charge on any atom is 0.140 e. The van der Waals surface area contributed by atoms with E-state index in [9.17, 15) is 5.11 Å². The summed E-state index contributed by atoms with van der Waals surface area (Å²) in [5.41, 5.74) is -0.0578. The molecular formula is C11H17NO2S2. The van der Waals surface area contributed by atoms with E-state index in [-0.39, 0.29) is 0 Å². The van der Waals surface area contributed by atoms with Gasteiger partial charge in [0.15, 0.2) is 0 Å². The summed E-state index contributed by atoms with van der Waals surface area (Å²) in [6.45, 7) is 3.64. The number of hydrogen-bond donors (Lipinski definition) is 1. The van der Waals surface area contributed by atoms with Crippen LogP contribution in [0.1, 0.15) is 18.4 Å². The minimum Gasteiger partial charge on any atom is -0.386 e. The highest BCUT2D eigenvalue weighted by atomic mass is 32.2. The molecule has 0 aliphatic rings. The summed E-state index contributed by atoms with van der Waals surface area (Å²) in [6, 6.07) is 1.85. The molecule has 0 aliphatic heterocycles. The highest BCUT2D eigenvalue weighted by Crippen LogP contribution is 2.28. The minimum atomic E-state index is -0.896. The number of nitrogens with zero attached hydrogens (tertiary/aromatic N) is 1. The standard InChI is InChI=1S/C11H17NO2S2/c1-8-5-9(14-12-8)6-11(2,13)7-10(15-3)16-4/h5,7,13H,6H2,1-4H3. The van der Waals surface area contributed by atoms with Crippen LogP contribution < -0.4 is 0 Å². The molecule has 1 unspecified atom stereocenters. The Morgan fingerprint density at radius 3 is 2.62 bits per heavy atom. The number of hydrogen-bond acceptors (Lipinski definition) is 5. The molecule has 0 radical (unpaired) electrons. The Kier molecular flexibility index (Phi) is 4.95. The summed E-state index contributed by atoms with van der Waals surface area (Å²) in [5, 5.41) is 14.0. The van der Waals surface area contributed by atoms with Gasteiger partial charge in [0, 0.05) is 16.7 Å². The van der Waals surface area contributed by atoms with Crippen molar-refractivity contribution in [3.63, 3.8) is 0 Å². The molecule has 0 aliphatic carbocycles. The van der Waals surface area contributed by atoms with E-state index >= 15 is 0 Å². The molecule has 0 spiro atoms. The van der Waals surface area contributed by atoms with Crippen LogP contribution in [-0.4, -0.2) is 28.4 Å². The lowest BCUT2D eigenvalue weighted by Crippen LogP contribution is -2.24. The van der Waals surface area contributed by atoms with Gasteiger partial charge in [-0.05, 0) is 32.4 Å². The molecular weight excluding hydrogens is 242 g/mol. The Morgan fingerprint density at radius 2 is 2.19 bits per heavy atom. The second-order valence-corrected chi connectivity index (χ2v) is 5.79. The lowest BCUT2D eigenvalue weighted by Gasteiger charge is -2.18. The smallest absolute Gasteiger partial charge is 0.140 e. The van der Waals surface area contributed by atoms with Gasteiger partial charge in [0.05, 0.1) is 11.3 Å². The van der Waals surface area contributed by atoms with Gasteiger partial charge in [-0.2, -0.15) is 0 Å². The van der Waals surface area contributed by atoms with Gasteiger partial charge >= 0.3 is 0 Å². The molecule has 3 nitrogen and oxygen atoms in total. The van der Waals surface area contributed by atoms with Crippen LogP contribution in [0.5, 0.6) is 0 Å². The van der Waals surface area contributed by atoms with Gasteiger partial charge in [0.1, 0.15) is 5.76 Å². The Balaban J connectivity index is 2.74. The van der Waals surface area contributed by atoms with Crippen molar-refractivity contribution < 1.29 is 9.63 Å². The first-order valence-corrected chi connectivity index (χ1v) is 7.37. The summed E-state index contributed by atoms with van der Waals surface area (Å²) in [5.74, 6) is 0.709. The molecule has 16 heavy (non-hydrogen) atoms. The molecule has 0 bridgehead atoms.